The molecule has 5 nitrogen and oxygen atoms in total. The third-order valence-corrected chi connectivity index (χ3v) is 5.20. The molecular formula is C18H14N4OS. The SMILES string of the molecule is O=C(Nc1ccc2sc3nc4ccccc4nc3c2c1)NC1CC1. The Morgan fingerprint density at radius 3 is 2.67 bits per heavy atom. The van der Waals surface area contributed by atoms with Crippen LogP contribution in [-0.2, 0) is 0 Å². The first-order valence-corrected chi connectivity index (χ1v) is 8.74. The van der Waals surface area contributed by atoms with Gasteiger partial charge in [-0.2, -0.15) is 0 Å². The number of nitrogens with zero attached hydrogens (tertiary/aromatic N) is 2. The molecule has 0 unspecified atom stereocenters. The fourth-order valence-electron chi connectivity index (χ4n) is 2.80. The van der Waals surface area contributed by atoms with Gasteiger partial charge in [0.05, 0.1) is 11.0 Å². The van der Waals surface area contributed by atoms with E-state index in [1.807, 2.05) is 42.5 Å². The Kier molecular flexibility index (Phi) is 2.93. The molecule has 2 aromatic heterocycles. The van der Waals surface area contributed by atoms with E-state index in [1.165, 1.54) is 0 Å². The summed E-state index contributed by atoms with van der Waals surface area (Å²) in [6, 6.07) is 14.0. The van der Waals surface area contributed by atoms with E-state index in [4.69, 9.17) is 9.97 Å². The van der Waals surface area contributed by atoms with Crippen LogP contribution in [-0.4, -0.2) is 22.0 Å². The molecular weight excluding hydrogens is 320 g/mol. The largest absolute Gasteiger partial charge is 0.335 e. The second kappa shape index (κ2) is 5.14. The topological polar surface area (TPSA) is 66.9 Å². The van der Waals surface area contributed by atoms with Crippen molar-refractivity contribution in [2.24, 2.45) is 0 Å². The number of urea groups is 1. The number of aromatic nitrogens is 2. The second-order valence-corrected chi connectivity index (χ2v) is 7.08. The van der Waals surface area contributed by atoms with Gasteiger partial charge in [0, 0.05) is 21.8 Å². The summed E-state index contributed by atoms with van der Waals surface area (Å²) in [5.74, 6) is 0. The number of carbonyl (C=O) groups is 1. The van der Waals surface area contributed by atoms with E-state index in [9.17, 15) is 4.79 Å². The summed E-state index contributed by atoms with van der Waals surface area (Å²) >= 11 is 1.62. The Hall–Kier alpha value is -2.73. The first-order chi connectivity index (χ1) is 11.8. The maximum absolute atomic E-state index is 11.9. The van der Waals surface area contributed by atoms with E-state index in [2.05, 4.69) is 10.6 Å². The summed E-state index contributed by atoms with van der Waals surface area (Å²) in [4.78, 5) is 22.3. The number of rotatable bonds is 2. The number of fused-ring (bicyclic) bond motifs is 4. The van der Waals surface area contributed by atoms with Gasteiger partial charge in [-0.05, 0) is 43.2 Å². The van der Waals surface area contributed by atoms with Crippen molar-refractivity contribution in [3.63, 3.8) is 0 Å². The van der Waals surface area contributed by atoms with Gasteiger partial charge in [0.15, 0.2) is 0 Å². The molecule has 1 aliphatic carbocycles. The fourth-order valence-corrected chi connectivity index (χ4v) is 3.80. The van der Waals surface area contributed by atoms with Gasteiger partial charge in [0.25, 0.3) is 0 Å². The molecule has 0 atom stereocenters. The smallest absolute Gasteiger partial charge is 0.319 e. The zero-order valence-corrected chi connectivity index (χ0v) is 13.6. The molecule has 2 amide bonds. The number of hydrogen-bond donors (Lipinski definition) is 2. The van der Waals surface area contributed by atoms with E-state index >= 15 is 0 Å². The first-order valence-electron chi connectivity index (χ1n) is 7.93. The molecule has 1 saturated carbocycles. The van der Waals surface area contributed by atoms with E-state index in [1.54, 1.807) is 11.3 Å². The number of para-hydroxylation sites is 2. The summed E-state index contributed by atoms with van der Waals surface area (Å²) in [5, 5.41) is 6.86. The molecule has 2 heterocycles. The van der Waals surface area contributed by atoms with Crippen molar-refractivity contribution < 1.29 is 4.79 Å². The number of anilines is 1. The molecule has 1 aliphatic rings. The minimum atomic E-state index is -0.145. The highest BCUT2D eigenvalue weighted by Crippen LogP contribution is 2.34. The number of hydrogen-bond acceptors (Lipinski definition) is 4. The fraction of sp³-hybridized carbons (Fsp3) is 0.167. The van der Waals surface area contributed by atoms with E-state index in [0.717, 1.165) is 50.0 Å². The summed E-state index contributed by atoms with van der Waals surface area (Å²) < 4.78 is 1.12. The molecule has 0 radical (unpaired) electrons. The van der Waals surface area contributed by atoms with Crippen LogP contribution in [0.3, 0.4) is 0 Å². The maximum atomic E-state index is 11.9. The lowest BCUT2D eigenvalue weighted by Gasteiger charge is -2.06. The van der Waals surface area contributed by atoms with Gasteiger partial charge in [0.1, 0.15) is 10.3 Å². The van der Waals surface area contributed by atoms with Gasteiger partial charge < -0.3 is 10.6 Å². The van der Waals surface area contributed by atoms with Crippen molar-refractivity contribution >= 4 is 54.5 Å². The molecule has 1 fully saturated rings. The third kappa shape index (κ3) is 2.35. The molecule has 0 bridgehead atoms. The van der Waals surface area contributed by atoms with Crippen molar-refractivity contribution in [1.29, 1.82) is 0 Å². The van der Waals surface area contributed by atoms with E-state index in [0.29, 0.717) is 6.04 Å². The van der Waals surface area contributed by atoms with Crippen LogP contribution in [0.25, 0.3) is 31.5 Å². The van der Waals surface area contributed by atoms with Gasteiger partial charge in [0.2, 0.25) is 0 Å². The van der Waals surface area contributed by atoms with Crippen molar-refractivity contribution in [3.05, 3.63) is 42.5 Å². The van der Waals surface area contributed by atoms with Gasteiger partial charge in [-0.15, -0.1) is 11.3 Å². The minimum absolute atomic E-state index is 0.145. The Labute approximate surface area is 141 Å². The van der Waals surface area contributed by atoms with Gasteiger partial charge in [-0.3, -0.25) is 0 Å². The average Bonchev–Trinajstić information content (AvgIpc) is 3.32. The summed E-state index contributed by atoms with van der Waals surface area (Å²) in [6.45, 7) is 0. The minimum Gasteiger partial charge on any atom is -0.335 e. The molecule has 6 heteroatoms. The van der Waals surface area contributed by atoms with Crippen LogP contribution in [0.2, 0.25) is 0 Å². The van der Waals surface area contributed by atoms with Crippen LogP contribution < -0.4 is 10.6 Å². The second-order valence-electron chi connectivity index (χ2n) is 6.05. The predicted octanol–water partition coefficient (Wildman–Crippen LogP) is 4.28. The Bertz CT molecular complexity index is 1100. The lowest BCUT2D eigenvalue weighted by molar-refractivity contribution is 0.251. The van der Waals surface area contributed by atoms with Crippen LogP contribution in [0, 0.1) is 0 Å². The summed E-state index contributed by atoms with van der Waals surface area (Å²) in [6.07, 6.45) is 2.15. The molecule has 0 aliphatic heterocycles. The van der Waals surface area contributed by atoms with Gasteiger partial charge in [-0.25, -0.2) is 14.8 Å². The van der Waals surface area contributed by atoms with E-state index < -0.39 is 0 Å². The number of benzene rings is 2. The highest BCUT2D eigenvalue weighted by Gasteiger charge is 2.23. The average molecular weight is 334 g/mol. The van der Waals surface area contributed by atoms with E-state index in [-0.39, 0.29) is 6.03 Å². The zero-order valence-electron chi connectivity index (χ0n) is 12.7. The Morgan fingerprint density at radius 1 is 1.08 bits per heavy atom. The van der Waals surface area contributed by atoms with Crippen molar-refractivity contribution in [2.75, 3.05) is 5.32 Å². The highest BCUT2D eigenvalue weighted by atomic mass is 32.1. The van der Waals surface area contributed by atoms with Crippen molar-refractivity contribution in [2.45, 2.75) is 18.9 Å². The van der Waals surface area contributed by atoms with Crippen molar-refractivity contribution in [1.82, 2.24) is 15.3 Å². The summed E-state index contributed by atoms with van der Waals surface area (Å²) in [5.41, 5.74) is 3.45. The number of nitrogens with one attached hydrogen (secondary N) is 2. The third-order valence-electron chi connectivity index (χ3n) is 4.15. The first kappa shape index (κ1) is 13.7. The normalized spacial score (nSPS) is 14.3. The number of carbonyl (C=O) groups excluding carboxylic acids is 1. The Balaban J connectivity index is 1.60. The van der Waals surface area contributed by atoms with Crippen LogP contribution >= 0.6 is 11.3 Å². The number of thiophene rings is 1. The lowest BCUT2D eigenvalue weighted by Crippen LogP contribution is -2.30. The maximum Gasteiger partial charge on any atom is 0.319 e. The van der Waals surface area contributed by atoms with Gasteiger partial charge in [-0.1, -0.05) is 12.1 Å². The molecule has 0 spiro atoms. The number of amides is 2. The predicted molar refractivity (Wildman–Crippen MR) is 97.6 cm³/mol. The van der Waals surface area contributed by atoms with Crippen LogP contribution in [0.4, 0.5) is 10.5 Å². The standard InChI is InChI=1S/C18H14N4OS/c23-18(19-10-5-6-10)20-11-7-8-15-12(9-11)16-17(24-15)22-14-4-2-1-3-13(14)21-16/h1-4,7-10H,5-6H2,(H2,19,20,23). The van der Waals surface area contributed by atoms with Crippen molar-refractivity contribution in [3.8, 4) is 0 Å². The van der Waals surface area contributed by atoms with Gasteiger partial charge >= 0.3 is 6.03 Å². The zero-order chi connectivity index (χ0) is 16.1. The molecule has 5 rings (SSSR count). The molecule has 0 saturated heterocycles. The van der Waals surface area contributed by atoms with Crippen LogP contribution in [0.5, 0.6) is 0 Å². The highest BCUT2D eigenvalue weighted by molar-refractivity contribution is 7.25. The Morgan fingerprint density at radius 2 is 1.88 bits per heavy atom. The lowest BCUT2D eigenvalue weighted by atomic mass is 10.2. The van der Waals surface area contributed by atoms with Crippen LogP contribution in [0.1, 0.15) is 12.8 Å². The van der Waals surface area contributed by atoms with Crippen LogP contribution in [0.15, 0.2) is 42.5 Å². The molecule has 24 heavy (non-hydrogen) atoms. The quantitative estimate of drug-likeness (QED) is 0.575. The molecule has 2 aromatic carbocycles. The monoisotopic (exact) mass is 334 g/mol. The molecule has 2 N–H and O–H groups in total. The summed E-state index contributed by atoms with van der Waals surface area (Å²) in [7, 11) is 0. The molecule has 118 valence electrons. The molecule has 4 aromatic rings.